The number of hydrogen-bond acceptors (Lipinski definition) is 6. The molecule has 8 nitrogen and oxygen atoms in total. The van der Waals surface area contributed by atoms with Crippen LogP contribution in [-0.4, -0.2) is 20.1 Å². The molecule has 4 rings (SSSR count). The second-order valence-electron chi connectivity index (χ2n) is 5.94. The lowest BCUT2D eigenvalue weighted by atomic mass is 10.1. The predicted molar refractivity (Wildman–Crippen MR) is 112 cm³/mol. The van der Waals surface area contributed by atoms with E-state index in [1.807, 2.05) is 12.1 Å². The van der Waals surface area contributed by atoms with Gasteiger partial charge in [0.2, 0.25) is 11.8 Å². The van der Waals surface area contributed by atoms with Gasteiger partial charge in [0.05, 0.1) is 11.2 Å². The number of H-pyrrole nitrogens is 2. The molecule has 0 radical (unpaired) electrons. The van der Waals surface area contributed by atoms with E-state index in [0.717, 1.165) is 4.47 Å². The second kappa shape index (κ2) is 7.50. The molecule has 4 aromatic rings. The molecule has 142 valence electrons. The molecule has 3 N–H and O–H groups in total. The highest BCUT2D eigenvalue weighted by Gasteiger charge is 2.14. The van der Waals surface area contributed by atoms with Crippen LogP contribution in [0.1, 0.15) is 5.56 Å². The van der Waals surface area contributed by atoms with Crippen LogP contribution in [-0.2, 0) is 0 Å². The zero-order chi connectivity index (χ0) is 20.5. The summed E-state index contributed by atoms with van der Waals surface area (Å²) in [7, 11) is 0. The van der Waals surface area contributed by atoms with Crippen molar-refractivity contribution in [2.24, 2.45) is 10.2 Å². The van der Waals surface area contributed by atoms with Gasteiger partial charge in [0, 0.05) is 20.4 Å². The third-order valence-electron chi connectivity index (χ3n) is 4.10. The number of nitriles is 1. The topological polar surface area (TPSA) is 130 Å². The molecule has 0 bridgehead atoms. The molecule has 2 aromatic carbocycles. The number of azo groups is 1. The van der Waals surface area contributed by atoms with Crippen molar-refractivity contribution in [3.05, 3.63) is 67.9 Å². The van der Waals surface area contributed by atoms with E-state index in [0.29, 0.717) is 21.5 Å². The Bertz CT molecular complexity index is 1370. The summed E-state index contributed by atoms with van der Waals surface area (Å²) in [6.45, 7) is 0. The molecule has 2 heterocycles. The van der Waals surface area contributed by atoms with E-state index < -0.39 is 5.56 Å². The Morgan fingerprint density at radius 1 is 1.14 bits per heavy atom. The predicted octanol–water partition coefficient (Wildman–Crippen LogP) is 5.33. The first-order valence-electron chi connectivity index (χ1n) is 8.18. The Morgan fingerprint density at radius 2 is 1.90 bits per heavy atom. The maximum Gasteiger partial charge on any atom is 0.270 e. The fourth-order valence-corrected chi connectivity index (χ4v) is 3.25. The summed E-state index contributed by atoms with van der Waals surface area (Å²) in [5.74, 6) is -0.279. The highest BCUT2D eigenvalue weighted by atomic mass is 79.9. The van der Waals surface area contributed by atoms with E-state index in [1.165, 1.54) is 0 Å². The van der Waals surface area contributed by atoms with Crippen LogP contribution < -0.4 is 5.56 Å². The maximum atomic E-state index is 12.3. The number of hydrogen-bond donors (Lipinski definition) is 3. The molecule has 0 fully saturated rings. The SMILES string of the molecule is N#Cc1c(-c2ccc(Cl)cc2)nc(N=Nc2c(O)[nH]c3ccc(Br)cc23)[nH]c1=O. The zero-order valence-electron chi connectivity index (χ0n) is 14.4. The van der Waals surface area contributed by atoms with Crippen molar-refractivity contribution in [2.45, 2.75) is 0 Å². The molecule has 0 saturated carbocycles. The Balaban J connectivity index is 1.82. The van der Waals surface area contributed by atoms with Gasteiger partial charge in [-0.05, 0) is 30.3 Å². The van der Waals surface area contributed by atoms with Crippen LogP contribution in [0.4, 0.5) is 11.6 Å². The van der Waals surface area contributed by atoms with Crippen LogP contribution in [0.5, 0.6) is 5.88 Å². The monoisotopic (exact) mass is 468 g/mol. The molecule has 0 amide bonds. The quantitative estimate of drug-likeness (QED) is 0.350. The van der Waals surface area contributed by atoms with Gasteiger partial charge in [-0.15, -0.1) is 10.2 Å². The Labute approximate surface area is 176 Å². The minimum Gasteiger partial charge on any atom is -0.493 e. The number of aromatic nitrogens is 3. The molecule has 0 aliphatic heterocycles. The minimum atomic E-state index is -0.646. The highest BCUT2D eigenvalue weighted by Crippen LogP contribution is 2.37. The summed E-state index contributed by atoms with van der Waals surface area (Å²) in [5, 5.41) is 28.6. The van der Waals surface area contributed by atoms with Crippen LogP contribution in [0.2, 0.25) is 5.02 Å². The maximum absolute atomic E-state index is 12.3. The van der Waals surface area contributed by atoms with Gasteiger partial charge in [0.15, 0.2) is 5.69 Å². The van der Waals surface area contributed by atoms with Gasteiger partial charge in [-0.2, -0.15) is 5.26 Å². The van der Waals surface area contributed by atoms with Gasteiger partial charge in [-0.1, -0.05) is 39.7 Å². The van der Waals surface area contributed by atoms with E-state index in [4.69, 9.17) is 11.6 Å². The zero-order valence-corrected chi connectivity index (χ0v) is 16.8. The van der Waals surface area contributed by atoms with Crippen LogP contribution in [0, 0.1) is 11.3 Å². The summed E-state index contributed by atoms with van der Waals surface area (Å²) in [4.78, 5) is 21.8. The van der Waals surface area contributed by atoms with Gasteiger partial charge in [0.1, 0.15) is 11.6 Å². The van der Waals surface area contributed by atoms with Crippen molar-refractivity contribution >= 4 is 50.1 Å². The smallest absolute Gasteiger partial charge is 0.270 e. The van der Waals surface area contributed by atoms with E-state index in [2.05, 4.69) is 41.1 Å². The number of rotatable bonds is 3. The molecule has 0 saturated heterocycles. The van der Waals surface area contributed by atoms with Gasteiger partial charge in [0.25, 0.3) is 5.56 Å². The average molecular weight is 470 g/mol. The van der Waals surface area contributed by atoms with E-state index in [9.17, 15) is 15.2 Å². The number of fused-ring (bicyclic) bond motifs is 1. The van der Waals surface area contributed by atoms with E-state index >= 15 is 0 Å². The number of aromatic amines is 2. The molecule has 0 atom stereocenters. The second-order valence-corrected chi connectivity index (χ2v) is 7.30. The van der Waals surface area contributed by atoms with Crippen molar-refractivity contribution in [3.63, 3.8) is 0 Å². The van der Waals surface area contributed by atoms with Crippen molar-refractivity contribution < 1.29 is 5.11 Å². The summed E-state index contributed by atoms with van der Waals surface area (Å²) in [6, 6.07) is 13.8. The minimum absolute atomic E-state index is 0.109. The third-order valence-corrected chi connectivity index (χ3v) is 4.84. The molecule has 29 heavy (non-hydrogen) atoms. The lowest BCUT2D eigenvalue weighted by Gasteiger charge is -2.04. The summed E-state index contributed by atoms with van der Waals surface area (Å²) < 4.78 is 0.801. The number of benzene rings is 2. The van der Waals surface area contributed by atoms with E-state index in [-0.39, 0.29) is 28.8 Å². The lowest BCUT2D eigenvalue weighted by Crippen LogP contribution is -2.13. The molecule has 0 aliphatic carbocycles. The molecule has 2 aromatic heterocycles. The van der Waals surface area contributed by atoms with Gasteiger partial charge in [-0.3, -0.25) is 9.78 Å². The number of halogens is 2. The molecular formula is C19H10BrClN6O2. The molecule has 0 aliphatic rings. The Morgan fingerprint density at radius 3 is 2.62 bits per heavy atom. The number of aromatic hydroxyl groups is 1. The van der Waals surface area contributed by atoms with Crippen LogP contribution in [0.15, 0.2) is 62.0 Å². The average Bonchev–Trinajstić information content (AvgIpc) is 3.01. The molecule has 0 spiro atoms. The first-order valence-corrected chi connectivity index (χ1v) is 9.35. The molecule has 0 unspecified atom stereocenters. The highest BCUT2D eigenvalue weighted by molar-refractivity contribution is 9.10. The Hall–Kier alpha value is -3.48. The first kappa shape index (κ1) is 18.9. The van der Waals surface area contributed by atoms with Crippen LogP contribution in [0.3, 0.4) is 0 Å². The molecule has 10 heteroatoms. The van der Waals surface area contributed by atoms with Crippen LogP contribution in [0.25, 0.3) is 22.2 Å². The summed E-state index contributed by atoms with van der Waals surface area (Å²) in [6.07, 6.45) is 0. The van der Waals surface area contributed by atoms with Crippen molar-refractivity contribution in [1.29, 1.82) is 5.26 Å². The van der Waals surface area contributed by atoms with Gasteiger partial charge < -0.3 is 10.1 Å². The van der Waals surface area contributed by atoms with Gasteiger partial charge >= 0.3 is 0 Å². The fraction of sp³-hybridized carbons (Fsp3) is 0. The summed E-state index contributed by atoms with van der Waals surface area (Å²) in [5.41, 5.74) is 0.765. The van der Waals surface area contributed by atoms with Crippen LogP contribution >= 0.6 is 27.5 Å². The lowest BCUT2D eigenvalue weighted by molar-refractivity contribution is 0.459. The summed E-state index contributed by atoms with van der Waals surface area (Å²) >= 11 is 9.27. The fourth-order valence-electron chi connectivity index (χ4n) is 2.76. The number of nitrogens with zero attached hydrogens (tertiary/aromatic N) is 4. The first-order chi connectivity index (χ1) is 14.0. The standard InChI is InChI=1S/C19H10BrClN6O2/c20-10-3-6-14-12(7-10)16(18(29)23-14)26-27-19-24-15(13(8-22)17(28)25-19)9-1-4-11(21)5-2-9/h1-7,23,29H,(H,24,25,28). The van der Waals surface area contributed by atoms with Gasteiger partial charge in [-0.25, -0.2) is 4.98 Å². The van der Waals surface area contributed by atoms with Crippen molar-refractivity contribution in [2.75, 3.05) is 0 Å². The number of nitrogens with one attached hydrogen (secondary N) is 2. The van der Waals surface area contributed by atoms with Crippen molar-refractivity contribution in [3.8, 4) is 23.2 Å². The normalized spacial score (nSPS) is 11.2. The third kappa shape index (κ3) is 3.63. The van der Waals surface area contributed by atoms with E-state index in [1.54, 1.807) is 36.4 Å². The van der Waals surface area contributed by atoms with Crippen molar-refractivity contribution in [1.82, 2.24) is 15.0 Å². The Kier molecular flexibility index (Phi) is 4.88. The largest absolute Gasteiger partial charge is 0.493 e. The molecular weight excluding hydrogens is 460 g/mol.